The van der Waals surface area contributed by atoms with Crippen molar-refractivity contribution in [1.29, 1.82) is 0 Å². The van der Waals surface area contributed by atoms with Gasteiger partial charge in [0.05, 0.1) is 13.9 Å². The molecule has 34 heavy (non-hydrogen) atoms. The smallest absolute Gasteiger partial charge is 0.790 e. The molecule has 8 atom stereocenters. The fourth-order valence-electron chi connectivity index (χ4n) is 7.39. The maximum absolute atomic E-state index is 17.0. The van der Waals surface area contributed by atoms with Gasteiger partial charge in [-0.1, -0.05) is 25.5 Å². The van der Waals surface area contributed by atoms with Crippen LogP contribution in [0, 0.1) is 28.6 Å². The summed E-state index contributed by atoms with van der Waals surface area (Å²) < 4.78 is 32.0. The van der Waals surface area contributed by atoms with Crippen molar-refractivity contribution in [2.45, 2.75) is 63.8 Å². The summed E-state index contributed by atoms with van der Waals surface area (Å²) in [4.78, 5) is 46.6. The number of alkyl halides is 1. The first-order chi connectivity index (χ1) is 14.6. The number of fused-ring (bicyclic) bond motifs is 5. The van der Waals surface area contributed by atoms with Gasteiger partial charge in [-0.3, -0.25) is 9.59 Å². The largest absolute Gasteiger partial charge is 1.00 e. The number of hydrogen-bond acceptors (Lipinski definition) is 8. The van der Waals surface area contributed by atoms with Gasteiger partial charge in [0.15, 0.2) is 17.2 Å². The number of aliphatic hydroxyl groups excluding tert-OH is 1. The maximum atomic E-state index is 17.0. The molecule has 3 saturated carbocycles. The number of phosphoric acid groups is 1. The second-order valence-corrected chi connectivity index (χ2v) is 11.5. The van der Waals surface area contributed by atoms with E-state index in [1.165, 1.54) is 18.2 Å². The molecule has 0 spiro atoms. The van der Waals surface area contributed by atoms with Crippen molar-refractivity contribution in [2.75, 3.05) is 6.61 Å². The summed E-state index contributed by atoms with van der Waals surface area (Å²) in [7, 11) is -5.43. The zero-order valence-corrected chi connectivity index (χ0v) is 25.1. The van der Waals surface area contributed by atoms with Gasteiger partial charge in [-0.25, -0.2) is 4.39 Å². The molecule has 0 aromatic rings. The number of carbonyl (C=O) groups excluding carboxylic acids is 2. The van der Waals surface area contributed by atoms with Crippen LogP contribution in [0.2, 0.25) is 0 Å². The summed E-state index contributed by atoms with van der Waals surface area (Å²) in [5.41, 5.74) is -6.03. The minimum atomic E-state index is -5.43. The van der Waals surface area contributed by atoms with Crippen LogP contribution in [-0.4, -0.2) is 45.8 Å². The van der Waals surface area contributed by atoms with Crippen LogP contribution in [0.3, 0.4) is 0 Å². The predicted molar refractivity (Wildman–Crippen MR) is 106 cm³/mol. The standard InChI is InChI=1S/C22H30FO8P.2Na/c1-12-8-16-15-5-4-13-9-14(24)6-7-19(13,2)21(15,23)17(25)10-20(16,3)22(12,27)18(26)11-31-32(28,29)30;;/h6-7,9,12,15-17,25,27H,4-5,8,10-11H2,1-3H3,(H2,28,29,30);;/q;2*+1/p-2/t12?,15?,16?,17?,19-,20+,21-,22-;;/m1../s1. The van der Waals surface area contributed by atoms with Crippen LogP contribution < -0.4 is 68.9 Å². The SMILES string of the molecule is CC1CC2C3CCC4=CC(=O)C=C[C@@]4(C)[C@]3(F)C(O)C[C@]2(C)[C@]1(O)C(=O)COP(=O)([O-])[O-].[Na+].[Na+]. The molecule has 0 saturated heterocycles. The minimum absolute atomic E-state index is 0. The van der Waals surface area contributed by atoms with Gasteiger partial charge in [-0.15, -0.1) is 0 Å². The van der Waals surface area contributed by atoms with Crippen molar-refractivity contribution in [3.63, 3.8) is 0 Å². The predicted octanol–water partition coefficient (Wildman–Crippen LogP) is -5.24. The molecule has 12 heteroatoms. The fraction of sp³-hybridized carbons (Fsp3) is 0.727. The van der Waals surface area contributed by atoms with Crippen molar-refractivity contribution in [3.05, 3.63) is 23.8 Å². The van der Waals surface area contributed by atoms with Crippen LogP contribution in [0.4, 0.5) is 4.39 Å². The molecule has 178 valence electrons. The number of aliphatic hydroxyl groups is 2. The third kappa shape index (κ3) is 4.20. The van der Waals surface area contributed by atoms with Gasteiger partial charge in [-0.05, 0) is 56.6 Å². The number of ketones is 2. The van der Waals surface area contributed by atoms with E-state index in [-0.39, 0.29) is 77.7 Å². The average molecular weight is 516 g/mol. The Morgan fingerprint density at radius 2 is 1.91 bits per heavy atom. The van der Waals surface area contributed by atoms with Crippen LogP contribution in [0.15, 0.2) is 23.8 Å². The molecule has 0 aromatic heterocycles. The van der Waals surface area contributed by atoms with Gasteiger partial charge in [-0.2, -0.15) is 0 Å². The Balaban J connectivity index is 0.00000204. The van der Waals surface area contributed by atoms with Crippen LogP contribution in [0.25, 0.3) is 0 Å². The van der Waals surface area contributed by atoms with E-state index in [4.69, 9.17) is 0 Å². The molecule has 3 fully saturated rings. The van der Waals surface area contributed by atoms with Crippen molar-refractivity contribution >= 4 is 19.4 Å². The van der Waals surface area contributed by atoms with Crippen molar-refractivity contribution in [3.8, 4) is 0 Å². The summed E-state index contributed by atoms with van der Waals surface area (Å²) in [5.74, 6) is -3.06. The van der Waals surface area contributed by atoms with Crippen LogP contribution in [0.5, 0.6) is 0 Å². The average Bonchev–Trinajstić information content (AvgIpc) is 2.89. The summed E-state index contributed by atoms with van der Waals surface area (Å²) in [5, 5.41) is 22.8. The Hall–Kier alpha value is 0.780. The molecule has 0 aliphatic heterocycles. The number of allylic oxidation sites excluding steroid dienone is 4. The maximum Gasteiger partial charge on any atom is 1.00 e. The van der Waals surface area contributed by atoms with E-state index < -0.39 is 66.2 Å². The molecule has 0 amide bonds. The third-order valence-corrected chi connectivity index (χ3v) is 9.45. The van der Waals surface area contributed by atoms with E-state index in [2.05, 4.69) is 4.52 Å². The summed E-state index contributed by atoms with van der Waals surface area (Å²) in [6.07, 6.45) is 3.54. The Labute approximate surface area is 242 Å². The van der Waals surface area contributed by atoms with Gasteiger partial charge in [0, 0.05) is 16.7 Å². The molecular formula is C22H28FNa2O8P. The van der Waals surface area contributed by atoms with E-state index in [9.17, 15) is 34.2 Å². The molecule has 4 aliphatic carbocycles. The van der Waals surface area contributed by atoms with E-state index in [0.717, 1.165) is 0 Å². The molecule has 0 heterocycles. The Kier molecular flexibility index (Phi) is 8.96. The summed E-state index contributed by atoms with van der Waals surface area (Å²) in [6, 6.07) is 0. The number of hydrogen-bond donors (Lipinski definition) is 2. The van der Waals surface area contributed by atoms with E-state index >= 15 is 4.39 Å². The molecule has 4 aliphatic rings. The summed E-state index contributed by atoms with van der Waals surface area (Å²) in [6.45, 7) is 3.80. The normalized spacial score (nSPS) is 45.2. The quantitative estimate of drug-likeness (QED) is 0.279. The van der Waals surface area contributed by atoms with Crippen molar-refractivity contribution in [1.82, 2.24) is 0 Å². The summed E-state index contributed by atoms with van der Waals surface area (Å²) >= 11 is 0. The van der Waals surface area contributed by atoms with Gasteiger partial charge >= 0.3 is 59.1 Å². The van der Waals surface area contributed by atoms with Crippen LogP contribution >= 0.6 is 7.82 Å². The first-order valence-electron chi connectivity index (χ1n) is 10.8. The minimum Gasteiger partial charge on any atom is -0.790 e. The van der Waals surface area contributed by atoms with Gasteiger partial charge in [0.2, 0.25) is 0 Å². The monoisotopic (exact) mass is 516 g/mol. The van der Waals surface area contributed by atoms with Gasteiger partial charge < -0.3 is 29.1 Å². The zero-order valence-electron chi connectivity index (χ0n) is 20.2. The van der Waals surface area contributed by atoms with E-state index in [1.54, 1.807) is 20.8 Å². The third-order valence-electron chi connectivity index (χ3n) is 9.00. The Morgan fingerprint density at radius 3 is 2.50 bits per heavy atom. The molecule has 4 unspecified atom stereocenters. The van der Waals surface area contributed by atoms with Gasteiger partial charge in [0.25, 0.3) is 0 Å². The topological polar surface area (TPSA) is 147 Å². The van der Waals surface area contributed by atoms with Gasteiger partial charge in [0.1, 0.15) is 12.2 Å². The van der Waals surface area contributed by atoms with Crippen molar-refractivity contribution in [2.24, 2.45) is 28.6 Å². The first-order valence-corrected chi connectivity index (χ1v) is 12.3. The second kappa shape index (κ2) is 9.83. The first kappa shape index (κ1) is 31.0. The zero-order chi connectivity index (χ0) is 23.9. The van der Waals surface area contributed by atoms with E-state index in [1.807, 2.05) is 0 Å². The molecule has 0 radical (unpaired) electrons. The number of phosphoric ester groups is 1. The number of rotatable bonds is 4. The second-order valence-electron chi connectivity index (χ2n) is 10.3. The number of carbonyl (C=O) groups is 2. The van der Waals surface area contributed by atoms with Crippen LogP contribution in [0.1, 0.15) is 46.5 Å². The molecule has 2 N–H and O–H groups in total. The van der Waals surface area contributed by atoms with Crippen LogP contribution in [-0.2, 0) is 18.7 Å². The molecular weight excluding hydrogens is 488 g/mol. The van der Waals surface area contributed by atoms with Crippen molar-refractivity contribution < 1.29 is 102 Å². The molecule has 0 aromatic carbocycles. The number of halogens is 1. The fourth-order valence-corrected chi connectivity index (χ4v) is 7.66. The molecule has 0 bridgehead atoms. The molecule has 4 rings (SSSR count). The number of Topliss-reactive ketones (excluding diaryl/α,β-unsaturated/α-hetero) is 1. The Bertz CT molecular complexity index is 984. The Morgan fingerprint density at radius 1 is 1.29 bits per heavy atom. The molecule has 8 nitrogen and oxygen atoms in total. The van der Waals surface area contributed by atoms with E-state index in [0.29, 0.717) is 18.4 Å².